The van der Waals surface area contributed by atoms with Gasteiger partial charge in [-0.1, -0.05) is 32.3 Å². The highest BCUT2D eigenvalue weighted by molar-refractivity contribution is 5.78. The highest BCUT2D eigenvalue weighted by atomic mass is 16.7. The number of nitrogens with two attached hydrogens (primary N) is 1. The molecule has 5 nitrogen and oxygen atoms in total. The largest absolute Gasteiger partial charge is 0.454 e. The van der Waals surface area contributed by atoms with Crippen molar-refractivity contribution in [3.05, 3.63) is 23.9 Å². The van der Waals surface area contributed by atoms with Crippen LogP contribution in [-0.2, 0) is 6.42 Å². The van der Waals surface area contributed by atoms with Gasteiger partial charge in [0, 0.05) is 11.3 Å². The Hall–Kier alpha value is -2.17. The molecule has 2 heterocycles. The Kier molecular flexibility index (Phi) is 3.99. The van der Waals surface area contributed by atoms with E-state index in [1.54, 1.807) is 0 Å². The van der Waals surface area contributed by atoms with Gasteiger partial charge in [0.25, 0.3) is 0 Å². The lowest BCUT2D eigenvalue weighted by molar-refractivity contribution is 0.174. The third-order valence-corrected chi connectivity index (χ3v) is 3.81. The third-order valence-electron chi connectivity index (χ3n) is 3.81. The van der Waals surface area contributed by atoms with E-state index in [1.165, 1.54) is 19.3 Å². The molecule has 3 rings (SSSR count). The minimum atomic E-state index is 0.281. The van der Waals surface area contributed by atoms with Gasteiger partial charge in [-0.3, -0.25) is 5.10 Å². The summed E-state index contributed by atoms with van der Waals surface area (Å²) in [6.45, 7) is 2.50. The summed E-state index contributed by atoms with van der Waals surface area (Å²) in [5, 5.41) is 7.24. The number of nitrogen functional groups attached to an aromatic ring is 1. The Labute approximate surface area is 124 Å². The van der Waals surface area contributed by atoms with Crippen LogP contribution in [0.3, 0.4) is 0 Å². The summed E-state index contributed by atoms with van der Waals surface area (Å²) in [4.78, 5) is 0. The fourth-order valence-corrected chi connectivity index (χ4v) is 2.68. The number of nitrogens with one attached hydrogen (secondary N) is 1. The molecule has 1 aromatic carbocycles. The summed E-state index contributed by atoms with van der Waals surface area (Å²) < 4.78 is 10.8. The number of hydrogen-bond acceptors (Lipinski definition) is 4. The second-order valence-corrected chi connectivity index (χ2v) is 5.34. The molecule has 0 amide bonds. The minimum Gasteiger partial charge on any atom is -0.454 e. The second kappa shape index (κ2) is 6.08. The molecule has 1 aliphatic heterocycles. The predicted octanol–water partition coefficient (Wildman–Crippen LogP) is 3.51. The van der Waals surface area contributed by atoms with Crippen LogP contribution in [-0.4, -0.2) is 17.0 Å². The molecule has 1 aliphatic rings. The van der Waals surface area contributed by atoms with E-state index in [4.69, 9.17) is 15.2 Å². The lowest BCUT2D eigenvalue weighted by Gasteiger charge is -2.06. The van der Waals surface area contributed by atoms with Gasteiger partial charge in [0.2, 0.25) is 6.79 Å². The number of H-pyrrole nitrogens is 1. The van der Waals surface area contributed by atoms with E-state index in [0.717, 1.165) is 41.2 Å². The van der Waals surface area contributed by atoms with Crippen molar-refractivity contribution in [3.63, 3.8) is 0 Å². The Morgan fingerprint density at radius 1 is 1.19 bits per heavy atom. The molecule has 0 saturated heterocycles. The van der Waals surface area contributed by atoms with Crippen molar-refractivity contribution in [1.82, 2.24) is 10.2 Å². The van der Waals surface area contributed by atoms with Gasteiger partial charge < -0.3 is 15.2 Å². The van der Waals surface area contributed by atoms with Gasteiger partial charge in [-0.05, 0) is 30.5 Å². The van der Waals surface area contributed by atoms with Crippen molar-refractivity contribution in [3.8, 4) is 22.6 Å². The number of nitrogens with zero attached hydrogens (tertiary/aromatic N) is 1. The molecule has 1 aromatic heterocycles. The average Bonchev–Trinajstić information content (AvgIpc) is 3.09. The van der Waals surface area contributed by atoms with Crippen molar-refractivity contribution in [1.29, 1.82) is 0 Å². The summed E-state index contributed by atoms with van der Waals surface area (Å²) in [6, 6.07) is 5.90. The fraction of sp³-hybridized carbons (Fsp3) is 0.438. The Balaban J connectivity index is 1.82. The van der Waals surface area contributed by atoms with Gasteiger partial charge >= 0.3 is 0 Å². The lowest BCUT2D eigenvalue weighted by Crippen LogP contribution is -1.93. The predicted molar refractivity (Wildman–Crippen MR) is 82.4 cm³/mol. The van der Waals surface area contributed by atoms with Gasteiger partial charge in [0.15, 0.2) is 17.3 Å². The molecule has 21 heavy (non-hydrogen) atoms. The third kappa shape index (κ3) is 2.82. The maximum absolute atomic E-state index is 6.03. The standard InChI is InChI=1S/C16H21N3O2/c1-2-3-4-5-6-12-15(16(17)19-18-12)11-7-8-13-14(9-11)21-10-20-13/h7-9H,2-6,10H2,1H3,(H3,17,18,19). The molecule has 112 valence electrons. The van der Waals surface area contributed by atoms with E-state index in [2.05, 4.69) is 17.1 Å². The SMILES string of the molecule is CCCCCCc1[nH]nc(N)c1-c1ccc2c(c1)OCO2. The lowest BCUT2D eigenvalue weighted by atomic mass is 10.0. The number of benzene rings is 1. The fourth-order valence-electron chi connectivity index (χ4n) is 2.68. The molecular formula is C16H21N3O2. The summed E-state index contributed by atoms with van der Waals surface area (Å²) in [5.41, 5.74) is 9.15. The number of aromatic nitrogens is 2. The summed E-state index contributed by atoms with van der Waals surface area (Å²) in [5.74, 6) is 2.09. The summed E-state index contributed by atoms with van der Waals surface area (Å²) in [7, 11) is 0. The summed E-state index contributed by atoms with van der Waals surface area (Å²) >= 11 is 0. The maximum atomic E-state index is 6.03. The van der Waals surface area contributed by atoms with Crippen molar-refractivity contribution < 1.29 is 9.47 Å². The first-order chi connectivity index (χ1) is 10.3. The van der Waals surface area contributed by atoms with Crippen LogP contribution >= 0.6 is 0 Å². The van der Waals surface area contributed by atoms with E-state index in [0.29, 0.717) is 5.82 Å². The highest BCUT2D eigenvalue weighted by Crippen LogP contribution is 2.38. The number of aryl methyl sites for hydroxylation is 1. The van der Waals surface area contributed by atoms with Crippen molar-refractivity contribution >= 4 is 5.82 Å². The van der Waals surface area contributed by atoms with Crippen LogP contribution in [0, 0.1) is 0 Å². The smallest absolute Gasteiger partial charge is 0.231 e. The molecule has 0 bridgehead atoms. The first-order valence-corrected chi connectivity index (χ1v) is 7.52. The molecule has 0 fully saturated rings. The number of anilines is 1. The monoisotopic (exact) mass is 287 g/mol. The van der Waals surface area contributed by atoms with E-state index >= 15 is 0 Å². The molecule has 2 aromatic rings. The van der Waals surface area contributed by atoms with Crippen LogP contribution < -0.4 is 15.2 Å². The topological polar surface area (TPSA) is 73.2 Å². The zero-order valence-corrected chi connectivity index (χ0v) is 12.3. The molecule has 0 atom stereocenters. The van der Waals surface area contributed by atoms with Crippen LogP contribution in [0.4, 0.5) is 5.82 Å². The molecule has 0 radical (unpaired) electrons. The minimum absolute atomic E-state index is 0.281. The second-order valence-electron chi connectivity index (χ2n) is 5.34. The molecule has 3 N–H and O–H groups in total. The van der Waals surface area contributed by atoms with Gasteiger partial charge in [-0.15, -0.1) is 0 Å². The highest BCUT2D eigenvalue weighted by Gasteiger charge is 2.18. The molecule has 0 spiro atoms. The Morgan fingerprint density at radius 3 is 2.90 bits per heavy atom. The number of hydrogen-bond donors (Lipinski definition) is 2. The zero-order chi connectivity index (χ0) is 14.7. The zero-order valence-electron chi connectivity index (χ0n) is 12.3. The van der Waals surface area contributed by atoms with Crippen LogP contribution in [0.25, 0.3) is 11.1 Å². The maximum Gasteiger partial charge on any atom is 0.231 e. The number of fused-ring (bicyclic) bond motifs is 1. The Morgan fingerprint density at radius 2 is 2.05 bits per heavy atom. The van der Waals surface area contributed by atoms with Crippen LogP contribution in [0.2, 0.25) is 0 Å². The molecule has 0 saturated carbocycles. The number of ether oxygens (including phenoxy) is 2. The quantitative estimate of drug-likeness (QED) is 0.797. The number of rotatable bonds is 6. The Bertz CT molecular complexity index is 622. The van der Waals surface area contributed by atoms with Crippen molar-refractivity contribution in [2.75, 3.05) is 12.5 Å². The normalized spacial score (nSPS) is 12.8. The van der Waals surface area contributed by atoms with Gasteiger partial charge in [-0.2, -0.15) is 5.10 Å². The first-order valence-electron chi connectivity index (χ1n) is 7.52. The van der Waals surface area contributed by atoms with Crippen molar-refractivity contribution in [2.24, 2.45) is 0 Å². The van der Waals surface area contributed by atoms with Crippen LogP contribution in [0.1, 0.15) is 38.3 Å². The van der Waals surface area contributed by atoms with Gasteiger partial charge in [0.05, 0.1) is 0 Å². The van der Waals surface area contributed by atoms with E-state index in [1.807, 2.05) is 18.2 Å². The van der Waals surface area contributed by atoms with Crippen LogP contribution in [0.5, 0.6) is 11.5 Å². The summed E-state index contributed by atoms with van der Waals surface area (Å²) in [6.07, 6.45) is 5.85. The number of aromatic amines is 1. The molecule has 0 unspecified atom stereocenters. The number of unbranched alkanes of at least 4 members (excludes halogenated alkanes) is 3. The van der Waals surface area contributed by atoms with Crippen molar-refractivity contribution in [2.45, 2.75) is 39.0 Å². The van der Waals surface area contributed by atoms with E-state index < -0.39 is 0 Å². The van der Waals surface area contributed by atoms with Gasteiger partial charge in [0.1, 0.15) is 0 Å². The molecule has 5 heteroatoms. The van der Waals surface area contributed by atoms with Gasteiger partial charge in [-0.25, -0.2) is 0 Å². The first kappa shape index (κ1) is 13.8. The van der Waals surface area contributed by atoms with E-state index in [9.17, 15) is 0 Å². The average molecular weight is 287 g/mol. The van der Waals surface area contributed by atoms with Crippen LogP contribution in [0.15, 0.2) is 18.2 Å². The van der Waals surface area contributed by atoms with E-state index in [-0.39, 0.29) is 6.79 Å². The molecule has 0 aliphatic carbocycles. The molecular weight excluding hydrogens is 266 g/mol.